The summed E-state index contributed by atoms with van der Waals surface area (Å²) in [5.41, 5.74) is 6.50. The molecule has 0 spiro atoms. The molecule has 2 aromatic rings. The lowest BCUT2D eigenvalue weighted by atomic mass is 10.0. The summed E-state index contributed by atoms with van der Waals surface area (Å²) in [5, 5.41) is 3.05. The van der Waals surface area contributed by atoms with Crippen LogP contribution in [0.1, 0.15) is 35.7 Å². The fourth-order valence-corrected chi connectivity index (χ4v) is 6.08. The number of nitrogens with two attached hydrogens (primary N) is 1. The second-order valence-corrected chi connectivity index (χ2v) is 11.2. The zero-order valence-electron chi connectivity index (χ0n) is 22.9. The molecule has 0 saturated carbocycles. The number of benzene rings is 1. The maximum atomic E-state index is 15.9. The van der Waals surface area contributed by atoms with Crippen LogP contribution in [0.2, 0.25) is 0 Å². The minimum Gasteiger partial charge on any atom is -0.453 e. The molecular formula is C30H37FN6O3. The van der Waals surface area contributed by atoms with E-state index in [-0.39, 0.29) is 28.8 Å². The van der Waals surface area contributed by atoms with Crippen molar-refractivity contribution in [2.45, 2.75) is 31.3 Å². The first-order chi connectivity index (χ1) is 19.4. The number of anilines is 1. The largest absolute Gasteiger partial charge is 0.453 e. The first kappa shape index (κ1) is 26.7. The third-order valence-corrected chi connectivity index (χ3v) is 8.31. The van der Waals surface area contributed by atoms with Crippen molar-refractivity contribution in [2.75, 3.05) is 64.3 Å². The molecule has 40 heavy (non-hydrogen) atoms. The molecule has 4 heterocycles. The van der Waals surface area contributed by atoms with Crippen LogP contribution in [0.25, 0.3) is 10.9 Å². The van der Waals surface area contributed by atoms with Gasteiger partial charge < -0.3 is 35.1 Å². The summed E-state index contributed by atoms with van der Waals surface area (Å²) in [7, 11) is 2.12. The molecule has 2 bridgehead atoms. The third kappa shape index (κ3) is 5.18. The summed E-state index contributed by atoms with van der Waals surface area (Å²) in [5.74, 6) is -0.170. The summed E-state index contributed by atoms with van der Waals surface area (Å²) < 4.78 is 24.1. The van der Waals surface area contributed by atoms with Gasteiger partial charge >= 0.3 is 0 Å². The number of carbonyl (C=O) groups is 1. The van der Waals surface area contributed by atoms with Gasteiger partial charge in [0.15, 0.2) is 11.6 Å². The third-order valence-electron chi connectivity index (χ3n) is 8.31. The Labute approximate surface area is 233 Å². The Morgan fingerprint density at radius 1 is 1.20 bits per heavy atom. The summed E-state index contributed by atoms with van der Waals surface area (Å²) in [6.45, 7) is 6.59. The van der Waals surface area contributed by atoms with E-state index in [0.717, 1.165) is 52.0 Å². The molecule has 1 aliphatic carbocycles. The number of hydrogen-bond acceptors (Lipinski definition) is 7. The Kier molecular flexibility index (Phi) is 7.48. The van der Waals surface area contributed by atoms with E-state index >= 15 is 4.39 Å². The number of hydrogen-bond donors (Lipinski definition) is 2. The van der Waals surface area contributed by atoms with E-state index in [4.69, 9.17) is 10.5 Å². The number of carbonyl (C=O) groups excluding carboxylic acids is 1. The summed E-state index contributed by atoms with van der Waals surface area (Å²) in [6, 6.07) is 0.865. The molecule has 3 N–H and O–H groups in total. The van der Waals surface area contributed by atoms with Crippen molar-refractivity contribution >= 4 is 22.5 Å². The normalized spacial score (nSPS) is 23.0. The van der Waals surface area contributed by atoms with Gasteiger partial charge in [0.2, 0.25) is 5.43 Å². The van der Waals surface area contributed by atoms with Crippen LogP contribution in [0.3, 0.4) is 0 Å². The Hall–Kier alpha value is -3.47. The number of piperidine rings is 1. The van der Waals surface area contributed by atoms with Crippen LogP contribution in [-0.4, -0.2) is 85.7 Å². The fourth-order valence-electron chi connectivity index (χ4n) is 6.08. The molecule has 4 aliphatic rings. The molecule has 2 fully saturated rings. The molecule has 1 amide bonds. The first-order valence-corrected chi connectivity index (χ1v) is 14.2. The fraction of sp³-hybridized carbons (Fsp3) is 0.467. The molecule has 1 aromatic heterocycles. The number of likely N-dealkylation sites (N-methyl/N-ethyl adjacent to an activating group) is 1. The van der Waals surface area contributed by atoms with Crippen LogP contribution < -0.4 is 26.1 Å². The molecular weight excluding hydrogens is 511 g/mol. The van der Waals surface area contributed by atoms with Crippen molar-refractivity contribution in [2.24, 2.45) is 5.73 Å². The Bertz CT molecular complexity index is 1460. The van der Waals surface area contributed by atoms with Gasteiger partial charge in [0, 0.05) is 58.1 Å². The molecule has 2 unspecified atom stereocenters. The molecule has 10 heteroatoms. The Balaban J connectivity index is 1.35. The van der Waals surface area contributed by atoms with Crippen molar-refractivity contribution in [1.29, 1.82) is 0 Å². The summed E-state index contributed by atoms with van der Waals surface area (Å²) in [6.07, 6.45) is 13.5. The highest BCUT2D eigenvalue weighted by molar-refractivity contribution is 6.00. The van der Waals surface area contributed by atoms with Crippen molar-refractivity contribution in [3.63, 3.8) is 0 Å². The number of nitrogens with one attached hydrogen (secondary N) is 1. The molecule has 2 atom stereocenters. The van der Waals surface area contributed by atoms with Crippen molar-refractivity contribution < 1.29 is 13.9 Å². The topological polar surface area (TPSA) is 96.1 Å². The van der Waals surface area contributed by atoms with Crippen molar-refractivity contribution in [3.05, 3.63) is 70.0 Å². The molecule has 2 saturated heterocycles. The van der Waals surface area contributed by atoms with Crippen LogP contribution in [-0.2, 0) is 0 Å². The lowest BCUT2D eigenvalue weighted by Gasteiger charge is -2.34. The summed E-state index contributed by atoms with van der Waals surface area (Å²) >= 11 is 0. The molecule has 212 valence electrons. The molecule has 0 radical (unpaired) electrons. The number of nitrogens with zero attached hydrogens (tertiary/aromatic N) is 4. The average molecular weight is 549 g/mol. The zero-order valence-corrected chi connectivity index (χ0v) is 22.9. The van der Waals surface area contributed by atoms with Gasteiger partial charge in [-0.15, -0.1) is 0 Å². The predicted octanol–water partition coefficient (Wildman–Crippen LogP) is 2.38. The number of allylic oxidation sites excluding steroid dienone is 5. The first-order valence-electron chi connectivity index (χ1n) is 14.2. The van der Waals surface area contributed by atoms with Crippen LogP contribution in [0, 0.1) is 5.82 Å². The van der Waals surface area contributed by atoms with Crippen molar-refractivity contribution in [1.82, 2.24) is 19.7 Å². The smallest absolute Gasteiger partial charge is 0.256 e. The maximum absolute atomic E-state index is 15.9. The number of pyridine rings is 1. The lowest BCUT2D eigenvalue weighted by Crippen LogP contribution is -2.45. The van der Waals surface area contributed by atoms with Crippen LogP contribution in [0.5, 0.6) is 5.75 Å². The van der Waals surface area contributed by atoms with E-state index in [1.807, 2.05) is 39.8 Å². The zero-order chi connectivity index (χ0) is 27.8. The quantitative estimate of drug-likeness (QED) is 0.536. The number of rotatable bonds is 6. The van der Waals surface area contributed by atoms with E-state index in [9.17, 15) is 9.59 Å². The average Bonchev–Trinajstić information content (AvgIpc) is 3.26. The predicted molar refractivity (Wildman–Crippen MR) is 155 cm³/mol. The van der Waals surface area contributed by atoms with E-state index in [0.29, 0.717) is 36.6 Å². The highest BCUT2D eigenvalue weighted by atomic mass is 19.1. The second-order valence-electron chi connectivity index (χ2n) is 11.2. The number of piperazine rings is 1. The van der Waals surface area contributed by atoms with Gasteiger partial charge in [0.05, 0.1) is 16.9 Å². The number of amides is 1. The van der Waals surface area contributed by atoms with E-state index in [2.05, 4.69) is 22.2 Å². The van der Waals surface area contributed by atoms with Gasteiger partial charge in [-0.2, -0.15) is 0 Å². The minimum absolute atomic E-state index is 0.00681. The van der Waals surface area contributed by atoms with Gasteiger partial charge in [-0.3, -0.25) is 9.59 Å². The van der Waals surface area contributed by atoms with Crippen LogP contribution in [0.4, 0.5) is 10.1 Å². The number of aromatic nitrogens is 1. The number of ether oxygens (including phenoxy) is 1. The number of fused-ring (bicyclic) bond motifs is 2. The van der Waals surface area contributed by atoms with Gasteiger partial charge in [-0.1, -0.05) is 18.2 Å². The SMILES string of the molecule is CN1CCN(CCCNC(=O)c2cn3c4c(c(N5CCCC(N)C5)c(F)cc4c2=O)OC2=CC3C=CC=C2)CC1. The second kappa shape index (κ2) is 11.2. The monoisotopic (exact) mass is 548 g/mol. The minimum atomic E-state index is -0.556. The number of halogens is 1. The standard InChI is InChI=1S/C30H37FN6O3/c1-34-12-14-35(15-13-34)10-5-9-33-30(39)24-19-37-21-7-2-3-8-22(16-21)40-29-26(37)23(28(24)38)17-25(31)27(29)36-11-4-6-20(32)18-36/h2-3,7-8,16-17,19-21H,4-6,9-15,18,32H2,1H3,(H,33,39). The molecule has 1 aromatic carbocycles. The molecule has 3 aliphatic heterocycles. The van der Waals surface area contributed by atoms with Crippen molar-refractivity contribution in [3.8, 4) is 5.75 Å². The van der Waals surface area contributed by atoms with Gasteiger partial charge in [0.1, 0.15) is 17.0 Å². The van der Waals surface area contributed by atoms with Crippen LogP contribution in [0.15, 0.2) is 53.2 Å². The highest BCUT2D eigenvalue weighted by Crippen LogP contribution is 2.43. The Morgan fingerprint density at radius 3 is 2.83 bits per heavy atom. The summed E-state index contributed by atoms with van der Waals surface area (Å²) in [4.78, 5) is 33.6. The van der Waals surface area contributed by atoms with E-state index in [1.54, 1.807) is 6.20 Å². The molecule has 9 nitrogen and oxygen atoms in total. The van der Waals surface area contributed by atoms with Gasteiger partial charge in [-0.25, -0.2) is 4.39 Å². The highest BCUT2D eigenvalue weighted by Gasteiger charge is 2.31. The van der Waals surface area contributed by atoms with E-state index < -0.39 is 17.2 Å². The van der Waals surface area contributed by atoms with Crippen LogP contribution >= 0.6 is 0 Å². The van der Waals surface area contributed by atoms with E-state index in [1.165, 1.54) is 6.07 Å². The van der Waals surface area contributed by atoms with Gasteiger partial charge in [0.25, 0.3) is 5.91 Å². The maximum Gasteiger partial charge on any atom is 0.256 e. The lowest BCUT2D eigenvalue weighted by molar-refractivity contribution is 0.0947. The van der Waals surface area contributed by atoms with Gasteiger partial charge in [-0.05, 0) is 51.1 Å². The Morgan fingerprint density at radius 2 is 2.02 bits per heavy atom. The molecule has 6 rings (SSSR count).